The maximum absolute atomic E-state index is 13.0. The molecule has 2 rings (SSSR count). The molecule has 100 valence electrons. The number of nitrogens with zero attached hydrogens (tertiary/aromatic N) is 1. The summed E-state index contributed by atoms with van der Waals surface area (Å²) in [6, 6.07) is 7.81. The molecular weight excluding hydrogens is 227 g/mol. The van der Waals surface area contributed by atoms with Crippen LogP contribution in [0.3, 0.4) is 0 Å². The van der Waals surface area contributed by atoms with Gasteiger partial charge in [-0.2, -0.15) is 0 Å². The van der Waals surface area contributed by atoms with Crippen LogP contribution in [0.25, 0.3) is 0 Å². The summed E-state index contributed by atoms with van der Waals surface area (Å²) in [7, 11) is 0. The molecule has 0 amide bonds. The van der Waals surface area contributed by atoms with Crippen LogP contribution in [0.5, 0.6) is 0 Å². The first-order valence-corrected chi connectivity index (χ1v) is 6.94. The number of benzene rings is 1. The van der Waals surface area contributed by atoms with Crippen molar-refractivity contribution in [3.8, 4) is 0 Å². The minimum atomic E-state index is -0.183. The molecule has 0 radical (unpaired) electrons. The fourth-order valence-electron chi connectivity index (χ4n) is 2.66. The van der Waals surface area contributed by atoms with E-state index >= 15 is 0 Å². The summed E-state index contributed by atoms with van der Waals surface area (Å²) < 4.78 is 13.0. The second kappa shape index (κ2) is 5.81. The second-order valence-electron chi connectivity index (χ2n) is 5.13. The lowest BCUT2D eigenvalue weighted by Crippen LogP contribution is -2.42. The van der Waals surface area contributed by atoms with Crippen LogP contribution in [0.2, 0.25) is 0 Å². The number of likely N-dealkylation sites (N-methyl/N-ethyl adjacent to an activating group) is 1. The molecule has 0 aliphatic heterocycles. The fraction of sp³-hybridized carbons (Fsp3) is 0.600. The largest absolute Gasteiger partial charge is 0.326 e. The Morgan fingerprint density at radius 2 is 1.89 bits per heavy atom. The van der Waals surface area contributed by atoms with E-state index in [9.17, 15) is 4.39 Å². The average Bonchev–Trinajstić information content (AvgIpc) is 3.21. The molecule has 1 fully saturated rings. The molecule has 1 aliphatic carbocycles. The van der Waals surface area contributed by atoms with Gasteiger partial charge in [0.15, 0.2) is 0 Å². The minimum absolute atomic E-state index is 0.107. The Morgan fingerprint density at radius 1 is 1.28 bits per heavy atom. The number of nitrogens with two attached hydrogens (primary N) is 1. The highest BCUT2D eigenvalue weighted by Crippen LogP contribution is 2.36. The fourth-order valence-corrected chi connectivity index (χ4v) is 2.66. The van der Waals surface area contributed by atoms with Crippen LogP contribution >= 0.6 is 0 Å². The quantitative estimate of drug-likeness (QED) is 0.840. The van der Waals surface area contributed by atoms with Crippen LogP contribution < -0.4 is 5.73 Å². The van der Waals surface area contributed by atoms with Crippen molar-refractivity contribution in [1.82, 2.24) is 4.90 Å². The number of hydrogen-bond donors (Lipinski definition) is 1. The van der Waals surface area contributed by atoms with Gasteiger partial charge in [-0.25, -0.2) is 4.39 Å². The molecule has 18 heavy (non-hydrogen) atoms. The highest BCUT2D eigenvalue weighted by Gasteiger charge is 2.35. The van der Waals surface area contributed by atoms with Gasteiger partial charge in [0.25, 0.3) is 0 Å². The highest BCUT2D eigenvalue weighted by molar-refractivity contribution is 5.22. The SMILES string of the molecule is CCC(N)C(c1ccc(F)cc1)N(CC)C1CC1. The first-order valence-electron chi connectivity index (χ1n) is 6.94. The molecule has 0 saturated heterocycles. The van der Waals surface area contributed by atoms with E-state index in [-0.39, 0.29) is 17.9 Å². The van der Waals surface area contributed by atoms with E-state index in [1.54, 1.807) is 0 Å². The van der Waals surface area contributed by atoms with E-state index in [4.69, 9.17) is 5.73 Å². The summed E-state index contributed by atoms with van der Waals surface area (Å²) in [5.74, 6) is -0.183. The van der Waals surface area contributed by atoms with Crippen LogP contribution in [-0.2, 0) is 0 Å². The van der Waals surface area contributed by atoms with E-state index in [1.807, 2.05) is 12.1 Å². The van der Waals surface area contributed by atoms with Gasteiger partial charge < -0.3 is 5.73 Å². The van der Waals surface area contributed by atoms with Crippen LogP contribution in [0.15, 0.2) is 24.3 Å². The zero-order valence-electron chi connectivity index (χ0n) is 11.3. The summed E-state index contributed by atoms with van der Waals surface area (Å²) in [6.07, 6.45) is 3.47. The number of halogens is 1. The summed E-state index contributed by atoms with van der Waals surface area (Å²) in [4.78, 5) is 2.47. The first kappa shape index (κ1) is 13.5. The smallest absolute Gasteiger partial charge is 0.123 e. The number of rotatable bonds is 6. The minimum Gasteiger partial charge on any atom is -0.326 e. The van der Waals surface area contributed by atoms with Crippen LogP contribution in [0.4, 0.5) is 4.39 Å². The van der Waals surface area contributed by atoms with Crippen molar-refractivity contribution >= 4 is 0 Å². The Balaban J connectivity index is 2.25. The zero-order chi connectivity index (χ0) is 13.1. The van der Waals surface area contributed by atoms with Gasteiger partial charge in [-0.15, -0.1) is 0 Å². The van der Waals surface area contributed by atoms with Gasteiger partial charge in [0.2, 0.25) is 0 Å². The predicted octanol–water partition coefficient (Wildman–Crippen LogP) is 3.09. The van der Waals surface area contributed by atoms with Crippen molar-refractivity contribution in [2.75, 3.05) is 6.54 Å². The molecule has 1 aromatic rings. The summed E-state index contributed by atoms with van der Waals surface area (Å²) in [5, 5.41) is 0. The second-order valence-corrected chi connectivity index (χ2v) is 5.13. The molecule has 3 heteroatoms. The molecule has 1 aromatic carbocycles. The van der Waals surface area contributed by atoms with Crippen molar-refractivity contribution in [3.05, 3.63) is 35.6 Å². The Hall–Kier alpha value is -0.930. The Kier molecular flexibility index (Phi) is 4.36. The van der Waals surface area contributed by atoms with Crippen molar-refractivity contribution in [2.24, 2.45) is 5.73 Å². The van der Waals surface area contributed by atoms with Gasteiger partial charge >= 0.3 is 0 Å². The third kappa shape index (κ3) is 2.90. The molecule has 0 aromatic heterocycles. The van der Waals surface area contributed by atoms with Crippen LogP contribution in [0.1, 0.15) is 44.7 Å². The van der Waals surface area contributed by atoms with E-state index in [1.165, 1.54) is 25.0 Å². The molecule has 2 N–H and O–H groups in total. The molecule has 2 unspecified atom stereocenters. The van der Waals surface area contributed by atoms with Gasteiger partial charge in [-0.1, -0.05) is 26.0 Å². The monoisotopic (exact) mass is 250 g/mol. The maximum Gasteiger partial charge on any atom is 0.123 e. The Labute approximate surface area is 109 Å². The molecule has 0 bridgehead atoms. The highest BCUT2D eigenvalue weighted by atomic mass is 19.1. The first-order chi connectivity index (χ1) is 8.67. The lowest BCUT2D eigenvalue weighted by atomic mass is 9.96. The van der Waals surface area contributed by atoms with Crippen molar-refractivity contribution in [3.63, 3.8) is 0 Å². The molecule has 0 heterocycles. The number of hydrogen-bond acceptors (Lipinski definition) is 2. The van der Waals surface area contributed by atoms with E-state index in [2.05, 4.69) is 18.7 Å². The molecule has 2 nitrogen and oxygen atoms in total. The van der Waals surface area contributed by atoms with E-state index in [0.717, 1.165) is 18.5 Å². The predicted molar refractivity (Wildman–Crippen MR) is 72.8 cm³/mol. The molecule has 1 saturated carbocycles. The van der Waals surface area contributed by atoms with Gasteiger partial charge in [-0.3, -0.25) is 4.90 Å². The van der Waals surface area contributed by atoms with Crippen LogP contribution in [-0.4, -0.2) is 23.5 Å². The normalized spacial score (nSPS) is 18.9. The lowest BCUT2D eigenvalue weighted by Gasteiger charge is -2.35. The summed E-state index contributed by atoms with van der Waals surface area (Å²) in [5.41, 5.74) is 7.43. The Bertz CT molecular complexity index is 373. The summed E-state index contributed by atoms with van der Waals surface area (Å²) in [6.45, 7) is 5.29. The van der Waals surface area contributed by atoms with Gasteiger partial charge in [-0.05, 0) is 43.5 Å². The third-order valence-corrected chi connectivity index (χ3v) is 3.83. The maximum atomic E-state index is 13.0. The standard InChI is InChI=1S/C15H23FN2/c1-3-14(17)15(18(4-2)13-9-10-13)11-5-7-12(16)8-6-11/h5-8,13-15H,3-4,9-10,17H2,1-2H3. The van der Waals surface area contributed by atoms with E-state index in [0.29, 0.717) is 6.04 Å². The van der Waals surface area contributed by atoms with Crippen molar-refractivity contribution in [1.29, 1.82) is 0 Å². The Morgan fingerprint density at radius 3 is 2.33 bits per heavy atom. The molecule has 2 atom stereocenters. The zero-order valence-corrected chi connectivity index (χ0v) is 11.3. The third-order valence-electron chi connectivity index (χ3n) is 3.83. The summed E-state index contributed by atoms with van der Waals surface area (Å²) >= 11 is 0. The molecular formula is C15H23FN2. The molecule has 0 spiro atoms. The van der Waals surface area contributed by atoms with Crippen molar-refractivity contribution in [2.45, 2.75) is 51.2 Å². The average molecular weight is 250 g/mol. The lowest BCUT2D eigenvalue weighted by molar-refractivity contribution is 0.168. The van der Waals surface area contributed by atoms with Gasteiger partial charge in [0.1, 0.15) is 5.82 Å². The topological polar surface area (TPSA) is 29.3 Å². The molecule has 1 aliphatic rings. The van der Waals surface area contributed by atoms with Crippen molar-refractivity contribution < 1.29 is 4.39 Å². The van der Waals surface area contributed by atoms with Gasteiger partial charge in [0.05, 0.1) is 6.04 Å². The van der Waals surface area contributed by atoms with Gasteiger partial charge in [0, 0.05) is 12.1 Å². The van der Waals surface area contributed by atoms with Crippen LogP contribution in [0, 0.1) is 5.82 Å². The van der Waals surface area contributed by atoms with E-state index < -0.39 is 0 Å².